The molecule has 1 heterocycles. The van der Waals surface area contributed by atoms with Crippen LogP contribution in [0.1, 0.15) is 23.6 Å². The lowest BCUT2D eigenvalue weighted by Gasteiger charge is -2.15. The lowest BCUT2D eigenvalue weighted by Crippen LogP contribution is -2.34. The summed E-state index contributed by atoms with van der Waals surface area (Å²) >= 11 is 3.62. The molecule has 0 spiro atoms. The molecule has 2 aromatic carbocycles. The number of rotatable bonds is 5. The number of nitrogens with one attached hydrogen (secondary N) is 2. The van der Waals surface area contributed by atoms with Gasteiger partial charge in [-0.3, -0.25) is 0 Å². The summed E-state index contributed by atoms with van der Waals surface area (Å²) in [6.45, 7) is 3.26. The highest BCUT2D eigenvalue weighted by Gasteiger charge is 2.16. The number of carbonyl (C=O) groups excluding carboxylic acids is 1. The highest BCUT2D eigenvalue weighted by atomic mass is 79.9. The Labute approximate surface area is 150 Å². The van der Waals surface area contributed by atoms with Crippen molar-refractivity contribution < 1.29 is 9.53 Å². The van der Waals surface area contributed by atoms with E-state index in [9.17, 15) is 4.79 Å². The van der Waals surface area contributed by atoms with Gasteiger partial charge in [-0.15, -0.1) is 0 Å². The fraction of sp³-hybridized carbons (Fsp3) is 0.316. The van der Waals surface area contributed by atoms with Crippen molar-refractivity contribution in [3.05, 3.63) is 63.6 Å². The van der Waals surface area contributed by atoms with Crippen LogP contribution >= 0.6 is 15.9 Å². The maximum absolute atomic E-state index is 11.9. The summed E-state index contributed by atoms with van der Waals surface area (Å²) in [5, 5.41) is 6.27. The molecule has 1 aliphatic heterocycles. The number of ether oxygens (including phenoxy) is 1. The van der Waals surface area contributed by atoms with Crippen LogP contribution in [0.4, 0.5) is 10.5 Å². The number of anilines is 1. The Bertz CT molecular complexity index is 719. The maximum atomic E-state index is 11.9. The molecule has 0 radical (unpaired) electrons. The molecule has 2 N–H and O–H groups in total. The topological polar surface area (TPSA) is 50.4 Å². The zero-order valence-corrected chi connectivity index (χ0v) is 15.2. The summed E-state index contributed by atoms with van der Waals surface area (Å²) in [7, 11) is 0. The van der Waals surface area contributed by atoms with Gasteiger partial charge in [0.1, 0.15) is 6.61 Å². The number of amides is 1. The Morgan fingerprint density at radius 3 is 2.88 bits per heavy atom. The van der Waals surface area contributed by atoms with E-state index in [1.165, 1.54) is 16.8 Å². The number of hydrogen-bond acceptors (Lipinski definition) is 3. The Morgan fingerprint density at radius 2 is 2.08 bits per heavy atom. The Balaban J connectivity index is 1.51. The second kappa shape index (κ2) is 7.71. The normalized spacial score (nSPS) is 13.8. The van der Waals surface area contributed by atoms with Gasteiger partial charge in [-0.05, 0) is 58.5 Å². The van der Waals surface area contributed by atoms with Gasteiger partial charge in [0.2, 0.25) is 0 Å². The quantitative estimate of drug-likeness (QED) is 0.803. The van der Waals surface area contributed by atoms with Crippen molar-refractivity contribution in [2.24, 2.45) is 0 Å². The Morgan fingerprint density at radius 1 is 1.29 bits per heavy atom. The number of carbonyl (C=O) groups is 1. The van der Waals surface area contributed by atoms with Crippen molar-refractivity contribution in [3.63, 3.8) is 0 Å². The van der Waals surface area contributed by atoms with Gasteiger partial charge in [-0.1, -0.05) is 36.4 Å². The van der Waals surface area contributed by atoms with Gasteiger partial charge in [0, 0.05) is 17.1 Å². The smallest absolute Gasteiger partial charge is 0.407 e. The molecule has 0 bridgehead atoms. The van der Waals surface area contributed by atoms with E-state index in [0.29, 0.717) is 0 Å². The summed E-state index contributed by atoms with van der Waals surface area (Å²) in [6, 6.07) is 14.0. The molecule has 0 aliphatic carbocycles. The van der Waals surface area contributed by atoms with E-state index in [0.717, 1.165) is 29.4 Å². The third kappa shape index (κ3) is 4.29. The summed E-state index contributed by atoms with van der Waals surface area (Å²) in [5.74, 6) is 0. The molecule has 3 rings (SSSR count). The van der Waals surface area contributed by atoms with E-state index in [4.69, 9.17) is 4.74 Å². The van der Waals surface area contributed by atoms with Crippen LogP contribution < -0.4 is 10.6 Å². The molecule has 24 heavy (non-hydrogen) atoms. The fourth-order valence-electron chi connectivity index (χ4n) is 2.93. The minimum absolute atomic E-state index is 0.00702. The van der Waals surface area contributed by atoms with Gasteiger partial charge in [-0.2, -0.15) is 0 Å². The van der Waals surface area contributed by atoms with Crippen molar-refractivity contribution >= 4 is 27.7 Å². The second-order valence-corrected chi connectivity index (χ2v) is 6.95. The van der Waals surface area contributed by atoms with E-state index in [-0.39, 0.29) is 18.7 Å². The lowest BCUT2D eigenvalue weighted by atomic mass is 10.0. The van der Waals surface area contributed by atoms with Gasteiger partial charge in [-0.25, -0.2) is 4.79 Å². The standard InChI is InChI=1S/C19H21BrN2O2/c1-13(22-19(23)24-12-14-5-3-2-4-6-14)9-15-10-16-7-8-21-18(16)17(20)11-15/h2-6,10-11,13,21H,7-9,12H2,1H3,(H,22,23)/t13-/m1/s1. The number of hydrogen-bond donors (Lipinski definition) is 2. The van der Waals surface area contributed by atoms with Crippen LogP contribution in [0.3, 0.4) is 0 Å². The third-order valence-electron chi connectivity index (χ3n) is 4.05. The van der Waals surface area contributed by atoms with Crippen molar-refractivity contribution in [1.82, 2.24) is 5.32 Å². The summed E-state index contributed by atoms with van der Waals surface area (Å²) in [5.41, 5.74) is 4.72. The van der Waals surface area contributed by atoms with Crippen LogP contribution in [-0.2, 0) is 24.2 Å². The summed E-state index contributed by atoms with van der Waals surface area (Å²) < 4.78 is 6.35. The Hall–Kier alpha value is -2.01. The zero-order chi connectivity index (χ0) is 16.9. The van der Waals surface area contributed by atoms with Crippen LogP contribution in [0, 0.1) is 0 Å². The third-order valence-corrected chi connectivity index (χ3v) is 4.67. The predicted molar refractivity (Wildman–Crippen MR) is 99.3 cm³/mol. The molecule has 0 fully saturated rings. The number of halogens is 1. The molecule has 0 saturated carbocycles. The van der Waals surface area contributed by atoms with Crippen LogP contribution in [-0.4, -0.2) is 18.7 Å². The molecule has 0 aromatic heterocycles. The second-order valence-electron chi connectivity index (χ2n) is 6.10. The Kier molecular flexibility index (Phi) is 5.41. The first-order chi connectivity index (χ1) is 11.6. The van der Waals surface area contributed by atoms with E-state index < -0.39 is 0 Å². The van der Waals surface area contributed by atoms with Gasteiger partial charge in [0.05, 0.1) is 5.69 Å². The van der Waals surface area contributed by atoms with Gasteiger partial charge < -0.3 is 15.4 Å². The van der Waals surface area contributed by atoms with Crippen molar-refractivity contribution in [2.45, 2.75) is 32.4 Å². The van der Waals surface area contributed by atoms with E-state index >= 15 is 0 Å². The van der Waals surface area contributed by atoms with Crippen LogP contribution in [0.5, 0.6) is 0 Å². The first kappa shape index (κ1) is 16.8. The van der Waals surface area contributed by atoms with Crippen LogP contribution in [0.2, 0.25) is 0 Å². The largest absolute Gasteiger partial charge is 0.445 e. The molecule has 126 valence electrons. The van der Waals surface area contributed by atoms with Gasteiger partial charge >= 0.3 is 6.09 Å². The molecule has 0 saturated heterocycles. The molecule has 1 atom stereocenters. The number of benzene rings is 2. The minimum atomic E-state index is -0.381. The van der Waals surface area contributed by atoms with Gasteiger partial charge in [0.15, 0.2) is 0 Å². The lowest BCUT2D eigenvalue weighted by molar-refractivity contribution is 0.136. The molecule has 1 amide bonds. The SMILES string of the molecule is C[C@H](Cc1cc(Br)c2c(c1)CCN2)NC(=O)OCc1ccccc1. The average molecular weight is 389 g/mol. The monoisotopic (exact) mass is 388 g/mol. The first-order valence-corrected chi connectivity index (χ1v) is 8.93. The van der Waals surface area contributed by atoms with E-state index in [1.54, 1.807) is 0 Å². The molecular weight excluding hydrogens is 368 g/mol. The van der Waals surface area contributed by atoms with Crippen LogP contribution in [0.15, 0.2) is 46.9 Å². The first-order valence-electron chi connectivity index (χ1n) is 8.14. The van der Waals surface area contributed by atoms with Crippen LogP contribution in [0.25, 0.3) is 0 Å². The minimum Gasteiger partial charge on any atom is -0.445 e. The molecule has 2 aromatic rings. The number of alkyl carbamates (subject to hydrolysis) is 1. The maximum Gasteiger partial charge on any atom is 0.407 e. The van der Waals surface area contributed by atoms with Crippen molar-refractivity contribution in [2.75, 3.05) is 11.9 Å². The van der Waals surface area contributed by atoms with E-state index in [1.807, 2.05) is 37.3 Å². The fourth-order valence-corrected chi connectivity index (χ4v) is 3.62. The molecule has 0 unspecified atom stereocenters. The predicted octanol–water partition coefficient (Wildman–Crippen LogP) is 4.27. The molecule has 1 aliphatic rings. The van der Waals surface area contributed by atoms with Crippen molar-refractivity contribution in [3.8, 4) is 0 Å². The van der Waals surface area contributed by atoms with E-state index in [2.05, 4.69) is 38.7 Å². The molecule has 4 nitrogen and oxygen atoms in total. The average Bonchev–Trinajstić information content (AvgIpc) is 3.03. The molecule has 5 heteroatoms. The molecular formula is C19H21BrN2O2. The number of fused-ring (bicyclic) bond motifs is 1. The summed E-state index contributed by atoms with van der Waals surface area (Å²) in [6.07, 6.45) is 1.43. The highest BCUT2D eigenvalue weighted by Crippen LogP contribution is 2.32. The zero-order valence-electron chi connectivity index (χ0n) is 13.6. The van der Waals surface area contributed by atoms with Gasteiger partial charge in [0.25, 0.3) is 0 Å². The summed E-state index contributed by atoms with van der Waals surface area (Å²) in [4.78, 5) is 11.9. The highest BCUT2D eigenvalue weighted by molar-refractivity contribution is 9.10. The van der Waals surface area contributed by atoms with Crippen molar-refractivity contribution in [1.29, 1.82) is 0 Å².